The molecule has 0 aromatic rings. The molecular weight excluding hydrogens is 208 g/mol. The molecule has 0 aromatic heterocycles. The van der Waals surface area contributed by atoms with Crippen LogP contribution < -0.4 is 16.6 Å². The van der Waals surface area contributed by atoms with Crippen molar-refractivity contribution < 1.29 is 9.47 Å². The third-order valence-electron chi connectivity index (χ3n) is 1.76. The van der Waals surface area contributed by atoms with E-state index in [1.807, 2.05) is 13.8 Å². The van der Waals surface area contributed by atoms with Crippen molar-refractivity contribution in [2.45, 2.75) is 26.4 Å². The summed E-state index contributed by atoms with van der Waals surface area (Å²) >= 11 is 0. The Bertz CT molecular complexity index is 186. The lowest BCUT2D eigenvalue weighted by atomic mass is 10.5. The van der Waals surface area contributed by atoms with E-state index < -0.39 is 0 Å². The van der Waals surface area contributed by atoms with E-state index in [0.717, 1.165) is 6.42 Å². The normalized spacial score (nSPS) is 11.9. The maximum Gasteiger partial charge on any atom is 0.205 e. The zero-order chi connectivity index (χ0) is 12.2. The van der Waals surface area contributed by atoms with Crippen molar-refractivity contribution in [1.29, 1.82) is 0 Å². The predicted molar refractivity (Wildman–Crippen MR) is 65.2 cm³/mol. The first-order chi connectivity index (χ1) is 7.70. The van der Waals surface area contributed by atoms with Gasteiger partial charge in [0.25, 0.3) is 0 Å². The number of guanidine groups is 1. The smallest absolute Gasteiger partial charge is 0.205 e. The second-order valence-corrected chi connectivity index (χ2v) is 3.57. The minimum Gasteiger partial charge on any atom is -0.385 e. The first-order valence-corrected chi connectivity index (χ1v) is 5.56. The number of nitrogens with one attached hydrogen (secondary N) is 2. The average molecular weight is 232 g/mol. The van der Waals surface area contributed by atoms with Gasteiger partial charge in [-0.15, -0.1) is 0 Å². The van der Waals surface area contributed by atoms with Crippen LogP contribution >= 0.6 is 0 Å². The molecule has 6 heteroatoms. The van der Waals surface area contributed by atoms with Gasteiger partial charge in [0, 0.05) is 26.8 Å². The molecule has 0 fully saturated rings. The molecule has 0 radical (unpaired) electrons. The fourth-order valence-corrected chi connectivity index (χ4v) is 1.02. The number of hydrogen-bond acceptors (Lipinski definition) is 4. The van der Waals surface area contributed by atoms with Crippen LogP contribution in [0.5, 0.6) is 0 Å². The number of nitrogens with zero attached hydrogens (tertiary/aromatic N) is 1. The third-order valence-corrected chi connectivity index (χ3v) is 1.76. The molecule has 96 valence electrons. The highest BCUT2D eigenvalue weighted by Crippen LogP contribution is 1.85. The van der Waals surface area contributed by atoms with Gasteiger partial charge in [-0.05, 0) is 20.3 Å². The second kappa shape index (κ2) is 10.7. The van der Waals surface area contributed by atoms with E-state index in [2.05, 4.69) is 15.7 Å². The summed E-state index contributed by atoms with van der Waals surface area (Å²) in [7, 11) is 1.67. The topological polar surface area (TPSA) is 80.9 Å². The lowest BCUT2D eigenvalue weighted by Crippen LogP contribution is -2.43. The molecule has 0 amide bonds. The minimum atomic E-state index is 0.245. The first-order valence-electron chi connectivity index (χ1n) is 5.56. The monoisotopic (exact) mass is 232 g/mol. The summed E-state index contributed by atoms with van der Waals surface area (Å²) in [5.74, 6) is 5.90. The van der Waals surface area contributed by atoms with E-state index in [4.69, 9.17) is 15.3 Å². The summed E-state index contributed by atoms with van der Waals surface area (Å²) < 4.78 is 10.3. The number of ether oxygens (including phenoxy) is 2. The van der Waals surface area contributed by atoms with Crippen molar-refractivity contribution in [1.82, 2.24) is 10.7 Å². The Balaban J connectivity index is 3.57. The Kier molecular flexibility index (Phi) is 10.1. The maximum absolute atomic E-state index is 5.37. The summed E-state index contributed by atoms with van der Waals surface area (Å²) in [6.07, 6.45) is 1.13. The fraction of sp³-hybridized carbons (Fsp3) is 0.900. The van der Waals surface area contributed by atoms with Crippen LogP contribution in [-0.4, -0.2) is 45.5 Å². The lowest BCUT2D eigenvalue weighted by molar-refractivity contribution is 0.0829. The summed E-state index contributed by atoms with van der Waals surface area (Å²) in [5, 5.41) is 3.05. The second-order valence-electron chi connectivity index (χ2n) is 3.57. The van der Waals surface area contributed by atoms with Crippen molar-refractivity contribution in [2.75, 3.05) is 33.4 Å². The summed E-state index contributed by atoms with van der Waals surface area (Å²) in [6.45, 7) is 6.72. The third kappa shape index (κ3) is 9.70. The highest BCUT2D eigenvalue weighted by Gasteiger charge is 1.96. The van der Waals surface area contributed by atoms with Crippen molar-refractivity contribution in [3.63, 3.8) is 0 Å². The minimum absolute atomic E-state index is 0.245. The van der Waals surface area contributed by atoms with Crippen LogP contribution in [-0.2, 0) is 9.47 Å². The van der Waals surface area contributed by atoms with Gasteiger partial charge in [0.05, 0.1) is 12.7 Å². The van der Waals surface area contributed by atoms with Crippen LogP contribution in [0.4, 0.5) is 0 Å². The number of aliphatic imine (C=N–C) groups is 1. The summed E-state index contributed by atoms with van der Waals surface area (Å²) in [6, 6.07) is 0. The Hall–Kier alpha value is -0.850. The van der Waals surface area contributed by atoms with E-state index in [-0.39, 0.29) is 6.10 Å². The highest BCUT2D eigenvalue weighted by atomic mass is 16.5. The Morgan fingerprint density at radius 2 is 2.12 bits per heavy atom. The molecule has 6 nitrogen and oxygen atoms in total. The Morgan fingerprint density at radius 1 is 1.38 bits per heavy atom. The van der Waals surface area contributed by atoms with Crippen molar-refractivity contribution in [2.24, 2.45) is 10.8 Å². The van der Waals surface area contributed by atoms with Gasteiger partial charge < -0.3 is 14.8 Å². The molecule has 0 saturated heterocycles. The van der Waals surface area contributed by atoms with Crippen molar-refractivity contribution >= 4 is 5.96 Å². The molecule has 0 heterocycles. The molecule has 0 bridgehead atoms. The Labute approximate surface area is 97.6 Å². The van der Waals surface area contributed by atoms with Gasteiger partial charge in [0.1, 0.15) is 0 Å². The van der Waals surface area contributed by atoms with Crippen molar-refractivity contribution in [3.8, 4) is 0 Å². The Morgan fingerprint density at radius 3 is 2.69 bits per heavy atom. The van der Waals surface area contributed by atoms with Crippen LogP contribution in [0.1, 0.15) is 20.3 Å². The largest absolute Gasteiger partial charge is 0.385 e. The zero-order valence-electron chi connectivity index (χ0n) is 10.5. The average Bonchev–Trinajstić information content (AvgIpc) is 2.26. The SMILES string of the molecule is COCCCN=C(NN)NCCOC(C)C. The quantitative estimate of drug-likeness (QED) is 0.178. The van der Waals surface area contributed by atoms with E-state index in [1.165, 1.54) is 0 Å². The predicted octanol–water partition coefficient (Wildman–Crippen LogP) is -0.143. The van der Waals surface area contributed by atoms with E-state index in [9.17, 15) is 0 Å². The lowest BCUT2D eigenvalue weighted by Gasteiger charge is -2.11. The molecule has 4 N–H and O–H groups in total. The van der Waals surface area contributed by atoms with Gasteiger partial charge in [-0.2, -0.15) is 0 Å². The van der Waals surface area contributed by atoms with Crippen molar-refractivity contribution in [3.05, 3.63) is 0 Å². The molecule has 0 aromatic carbocycles. The van der Waals surface area contributed by atoms with E-state index in [0.29, 0.717) is 32.3 Å². The first kappa shape index (κ1) is 15.2. The number of hydrazine groups is 1. The van der Waals surface area contributed by atoms with Crippen LogP contribution in [0.15, 0.2) is 4.99 Å². The van der Waals surface area contributed by atoms with Crippen LogP contribution in [0.2, 0.25) is 0 Å². The molecule has 0 saturated carbocycles. The van der Waals surface area contributed by atoms with Gasteiger partial charge >= 0.3 is 0 Å². The van der Waals surface area contributed by atoms with Crippen LogP contribution in [0, 0.1) is 0 Å². The van der Waals surface area contributed by atoms with Gasteiger partial charge in [-0.3, -0.25) is 10.4 Å². The summed E-state index contributed by atoms with van der Waals surface area (Å²) in [5.41, 5.74) is 2.51. The molecule has 0 aliphatic carbocycles. The fourth-order valence-electron chi connectivity index (χ4n) is 1.02. The standard InChI is InChI=1S/C10H24N4O2/c1-9(2)16-8-6-13-10(14-11)12-5-4-7-15-3/h9H,4-8,11H2,1-3H3,(H2,12,13,14). The van der Waals surface area contributed by atoms with Crippen LogP contribution in [0.25, 0.3) is 0 Å². The molecule has 0 spiro atoms. The molecular formula is C10H24N4O2. The molecule has 0 atom stereocenters. The number of nitrogens with two attached hydrogens (primary N) is 1. The maximum atomic E-state index is 5.37. The molecule has 0 aliphatic rings. The number of hydrogen-bond donors (Lipinski definition) is 3. The highest BCUT2D eigenvalue weighted by molar-refractivity contribution is 5.79. The molecule has 0 aliphatic heterocycles. The van der Waals surface area contributed by atoms with Crippen LogP contribution in [0.3, 0.4) is 0 Å². The van der Waals surface area contributed by atoms with Gasteiger partial charge in [-0.1, -0.05) is 0 Å². The van der Waals surface area contributed by atoms with E-state index >= 15 is 0 Å². The molecule has 0 rings (SSSR count). The zero-order valence-corrected chi connectivity index (χ0v) is 10.5. The van der Waals surface area contributed by atoms with Gasteiger partial charge in [-0.25, -0.2) is 5.84 Å². The van der Waals surface area contributed by atoms with Gasteiger partial charge in [0.15, 0.2) is 0 Å². The molecule has 16 heavy (non-hydrogen) atoms. The molecule has 0 unspecified atom stereocenters. The summed E-state index contributed by atoms with van der Waals surface area (Å²) in [4.78, 5) is 4.23. The van der Waals surface area contributed by atoms with E-state index in [1.54, 1.807) is 7.11 Å². The number of rotatable bonds is 8. The van der Waals surface area contributed by atoms with Gasteiger partial charge in [0.2, 0.25) is 5.96 Å². The number of methoxy groups -OCH3 is 1.